The minimum absolute atomic E-state index is 0.00489. The average molecular weight is 423 g/mol. The molecular weight excluding hydrogens is 399 g/mol. The van der Waals surface area contributed by atoms with Crippen LogP contribution in [0.25, 0.3) is 6.08 Å². The Morgan fingerprint density at radius 3 is 2.79 bits per heavy atom. The molecule has 2 fully saturated rings. The van der Waals surface area contributed by atoms with Crippen molar-refractivity contribution in [2.24, 2.45) is 0 Å². The molecule has 2 amide bonds. The molecule has 1 unspecified atom stereocenters. The summed E-state index contributed by atoms with van der Waals surface area (Å²) in [6.45, 7) is 1.01. The van der Waals surface area contributed by atoms with Crippen molar-refractivity contribution >= 4 is 46.2 Å². The molecule has 1 atom stereocenters. The van der Waals surface area contributed by atoms with E-state index in [9.17, 15) is 19.1 Å². The topological polar surface area (TPSA) is 60.9 Å². The predicted octanol–water partition coefficient (Wildman–Crippen LogP) is 3.18. The van der Waals surface area contributed by atoms with Gasteiger partial charge in [0.2, 0.25) is 5.91 Å². The van der Waals surface area contributed by atoms with Crippen molar-refractivity contribution < 1.29 is 19.1 Å². The molecule has 1 aromatic carbocycles. The van der Waals surface area contributed by atoms with Crippen LogP contribution in [0.5, 0.6) is 0 Å². The molecule has 8 heteroatoms. The molecule has 28 heavy (non-hydrogen) atoms. The minimum Gasteiger partial charge on any atom is -0.396 e. The largest absolute Gasteiger partial charge is 0.396 e. The van der Waals surface area contributed by atoms with Gasteiger partial charge in [-0.3, -0.25) is 14.5 Å². The van der Waals surface area contributed by atoms with E-state index in [0.717, 1.165) is 24.8 Å². The number of hydrogen-bond donors (Lipinski definition) is 1. The molecule has 2 saturated heterocycles. The van der Waals surface area contributed by atoms with E-state index in [1.807, 2.05) is 4.90 Å². The maximum atomic E-state index is 13.0. The summed E-state index contributed by atoms with van der Waals surface area (Å²) >= 11 is 6.51. The van der Waals surface area contributed by atoms with Crippen molar-refractivity contribution in [3.63, 3.8) is 0 Å². The molecule has 2 heterocycles. The Balaban J connectivity index is 1.61. The van der Waals surface area contributed by atoms with Crippen LogP contribution in [-0.2, 0) is 9.59 Å². The van der Waals surface area contributed by atoms with Crippen LogP contribution in [0.4, 0.5) is 4.39 Å². The van der Waals surface area contributed by atoms with Crippen molar-refractivity contribution in [3.8, 4) is 0 Å². The number of thiocarbonyl (C=S) groups is 1. The van der Waals surface area contributed by atoms with Gasteiger partial charge in [0.05, 0.1) is 4.91 Å². The van der Waals surface area contributed by atoms with Crippen molar-refractivity contribution in [2.45, 2.75) is 38.1 Å². The molecular formula is C20H23FN2O3S2. The van der Waals surface area contributed by atoms with Crippen molar-refractivity contribution in [3.05, 3.63) is 40.6 Å². The molecule has 0 aliphatic carbocycles. The number of thioether (sulfide) groups is 1. The molecule has 0 spiro atoms. The SMILES string of the molecule is O=C1C(=Cc2ccc(F)cc2)SC(=S)N1CCC(=O)N1CCCCC1CCO. The molecule has 0 aromatic heterocycles. The van der Waals surface area contributed by atoms with Gasteiger partial charge < -0.3 is 10.0 Å². The monoisotopic (exact) mass is 422 g/mol. The summed E-state index contributed by atoms with van der Waals surface area (Å²) in [5.74, 6) is -0.562. The van der Waals surface area contributed by atoms with Gasteiger partial charge in [0.25, 0.3) is 5.91 Å². The summed E-state index contributed by atoms with van der Waals surface area (Å²) in [6, 6.07) is 5.96. The van der Waals surface area contributed by atoms with E-state index in [4.69, 9.17) is 12.2 Å². The molecule has 0 saturated carbocycles. The highest BCUT2D eigenvalue weighted by atomic mass is 32.2. The fraction of sp³-hybridized carbons (Fsp3) is 0.450. The summed E-state index contributed by atoms with van der Waals surface area (Å²) in [5.41, 5.74) is 0.720. The molecule has 150 valence electrons. The van der Waals surface area contributed by atoms with Gasteiger partial charge >= 0.3 is 0 Å². The number of halogens is 1. The first-order valence-corrected chi connectivity index (χ1v) is 10.6. The van der Waals surface area contributed by atoms with E-state index in [0.29, 0.717) is 22.2 Å². The van der Waals surface area contributed by atoms with Crippen LogP contribution in [0.3, 0.4) is 0 Å². The lowest BCUT2D eigenvalue weighted by molar-refractivity contribution is -0.135. The first-order chi connectivity index (χ1) is 13.5. The fourth-order valence-corrected chi connectivity index (χ4v) is 4.84. The van der Waals surface area contributed by atoms with E-state index < -0.39 is 0 Å². The smallest absolute Gasteiger partial charge is 0.266 e. The van der Waals surface area contributed by atoms with E-state index in [-0.39, 0.29) is 43.2 Å². The van der Waals surface area contributed by atoms with Gasteiger partial charge in [-0.1, -0.05) is 36.1 Å². The number of likely N-dealkylation sites (tertiary alicyclic amines) is 1. The highest BCUT2D eigenvalue weighted by molar-refractivity contribution is 8.26. The minimum atomic E-state index is -0.333. The number of piperidine rings is 1. The summed E-state index contributed by atoms with van der Waals surface area (Å²) in [6.07, 6.45) is 5.42. The van der Waals surface area contributed by atoms with E-state index >= 15 is 0 Å². The second-order valence-corrected chi connectivity index (χ2v) is 8.56. The Morgan fingerprint density at radius 2 is 2.07 bits per heavy atom. The highest BCUT2D eigenvalue weighted by Crippen LogP contribution is 2.33. The summed E-state index contributed by atoms with van der Waals surface area (Å²) in [5, 5.41) is 9.22. The van der Waals surface area contributed by atoms with Gasteiger partial charge in [-0.2, -0.15) is 0 Å². The Hall–Kier alpha value is -1.77. The molecule has 5 nitrogen and oxygen atoms in total. The van der Waals surface area contributed by atoms with Gasteiger partial charge in [-0.25, -0.2) is 4.39 Å². The molecule has 1 aromatic rings. The number of aliphatic hydroxyl groups excluding tert-OH is 1. The summed E-state index contributed by atoms with van der Waals surface area (Å²) in [4.78, 5) is 29.1. The van der Waals surface area contributed by atoms with Crippen LogP contribution < -0.4 is 0 Å². The zero-order valence-corrected chi connectivity index (χ0v) is 17.1. The maximum Gasteiger partial charge on any atom is 0.266 e. The van der Waals surface area contributed by atoms with Gasteiger partial charge in [-0.05, 0) is 49.5 Å². The first kappa shape index (κ1) is 21.0. The van der Waals surface area contributed by atoms with E-state index in [1.54, 1.807) is 18.2 Å². The van der Waals surface area contributed by atoms with E-state index in [2.05, 4.69) is 0 Å². The van der Waals surface area contributed by atoms with Gasteiger partial charge in [-0.15, -0.1) is 0 Å². The summed E-state index contributed by atoms with van der Waals surface area (Å²) < 4.78 is 13.5. The number of carbonyl (C=O) groups is 2. The molecule has 3 rings (SSSR count). The van der Waals surface area contributed by atoms with Crippen molar-refractivity contribution in [1.29, 1.82) is 0 Å². The first-order valence-electron chi connectivity index (χ1n) is 9.41. The van der Waals surface area contributed by atoms with Crippen LogP contribution in [0.2, 0.25) is 0 Å². The third-order valence-electron chi connectivity index (χ3n) is 5.00. The normalized spacial score (nSPS) is 21.6. The second kappa shape index (κ2) is 9.62. The molecule has 0 bridgehead atoms. The van der Waals surface area contributed by atoms with Crippen LogP contribution in [-0.4, -0.2) is 56.8 Å². The summed E-state index contributed by atoms with van der Waals surface area (Å²) in [7, 11) is 0. The third kappa shape index (κ3) is 4.98. The number of hydrogen-bond acceptors (Lipinski definition) is 5. The van der Waals surface area contributed by atoms with Crippen LogP contribution in [0.15, 0.2) is 29.2 Å². The third-order valence-corrected chi connectivity index (χ3v) is 6.38. The molecule has 1 N–H and O–H groups in total. The number of carbonyl (C=O) groups excluding carboxylic acids is 2. The van der Waals surface area contributed by atoms with Crippen molar-refractivity contribution in [1.82, 2.24) is 9.80 Å². The zero-order valence-electron chi connectivity index (χ0n) is 15.5. The van der Waals surface area contributed by atoms with Gasteiger partial charge in [0.15, 0.2) is 0 Å². The van der Waals surface area contributed by atoms with Crippen LogP contribution >= 0.6 is 24.0 Å². The lowest BCUT2D eigenvalue weighted by atomic mass is 9.99. The Morgan fingerprint density at radius 1 is 1.32 bits per heavy atom. The number of nitrogens with zero attached hydrogens (tertiary/aromatic N) is 2. The second-order valence-electron chi connectivity index (χ2n) is 6.88. The fourth-order valence-electron chi connectivity index (χ4n) is 3.53. The molecule has 0 radical (unpaired) electrons. The maximum absolute atomic E-state index is 13.0. The molecule has 2 aliphatic heterocycles. The van der Waals surface area contributed by atoms with E-state index in [1.165, 1.54) is 28.8 Å². The highest BCUT2D eigenvalue weighted by Gasteiger charge is 2.33. The molecule has 2 aliphatic rings. The Labute approximate surface area is 173 Å². The number of aliphatic hydroxyl groups is 1. The number of benzene rings is 1. The number of rotatable bonds is 6. The van der Waals surface area contributed by atoms with Gasteiger partial charge in [0, 0.05) is 32.2 Å². The van der Waals surface area contributed by atoms with Crippen LogP contribution in [0, 0.1) is 5.82 Å². The Bertz CT molecular complexity index is 780. The zero-order chi connectivity index (χ0) is 20.1. The standard InChI is InChI=1S/C20H23FN2O3S2/c21-15-6-4-14(5-7-15)13-17-19(26)23(20(27)28-17)11-8-18(25)22-10-2-1-3-16(22)9-12-24/h4-7,13,16,24H,1-3,8-12H2. The quantitative estimate of drug-likeness (QED) is 0.564. The average Bonchev–Trinajstić information content (AvgIpc) is 2.95. The number of amides is 2. The lowest BCUT2D eigenvalue weighted by Gasteiger charge is -2.36. The van der Waals surface area contributed by atoms with Crippen molar-refractivity contribution in [2.75, 3.05) is 19.7 Å². The van der Waals surface area contributed by atoms with Crippen LogP contribution in [0.1, 0.15) is 37.7 Å². The predicted molar refractivity (Wildman–Crippen MR) is 112 cm³/mol. The van der Waals surface area contributed by atoms with Gasteiger partial charge in [0.1, 0.15) is 10.1 Å². The lowest BCUT2D eigenvalue weighted by Crippen LogP contribution is -2.45. The Kier molecular flexibility index (Phi) is 7.20.